The molecule has 0 radical (unpaired) electrons. The van der Waals surface area contributed by atoms with E-state index in [1.165, 1.54) is 88.3 Å². The molecule has 23 aromatic rings. The van der Waals surface area contributed by atoms with Gasteiger partial charge in [0.15, 0.2) is 0 Å². The van der Waals surface area contributed by atoms with Gasteiger partial charge in [-0.05, 0) is 195 Å². The maximum atomic E-state index is 7.03. The van der Waals surface area contributed by atoms with E-state index in [0.717, 1.165) is 156 Å². The van der Waals surface area contributed by atoms with Crippen LogP contribution in [0.25, 0.3) is 187 Å². The lowest BCUT2D eigenvalue weighted by Gasteiger charge is -2.28. The van der Waals surface area contributed by atoms with E-state index in [4.69, 9.17) is 24.4 Å². The molecule has 608 valence electrons. The van der Waals surface area contributed by atoms with E-state index in [9.17, 15) is 0 Å². The molecule has 0 fully saturated rings. The fraction of sp³-hybridized carbons (Fsp3) is 0.0492. The molecular weight excluding hydrogens is 1570 g/mol. The van der Waals surface area contributed by atoms with Gasteiger partial charge in [0.1, 0.15) is 11.2 Å². The quantitative estimate of drug-likeness (QED) is 0.107. The van der Waals surface area contributed by atoms with Crippen LogP contribution in [0.15, 0.2) is 441 Å². The van der Waals surface area contributed by atoms with Gasteiger partial charge in [-0.2, -0.15) is 0 Å². The van der Waals surface area contributed by atoms with Crippen molar-refractivity contribution in [3.05, 3.63) is 459 Å². The monoisotopic (exact) mass is 1650 g/mol. The molecule has 0 amide bonds. The van der Waals surface area contributed by atoms with E-state index in [2.05, 4.69) is 462 Å². The third-order valence-corrected chi connectivity index (χ3v) is 27.0. The van der Waals surface area contributed by atoms with Crippen LogP contribution < -0.4 is 9.80 Å². The SMILES string of the molecule is CC1(C)c2ccccc2-c2ccc(N(c3ccc(-c4ccccc4)cc3)c3ccc(-c4cccc(-c5cnc6c7ccccc7c7ccccc7c6n5)c4)cc3)cc21.CC1(C)c2ccccc2-c2ccc(N(c3ccc(-c4ccccc4)cc3)c3ccc(-c4cccc5c4oc4c(-c6cccc(-c7cnc8c9ccccc9c9ccccc9c8n7)c6)cccc45)cc3)cc21. The Bertz CT molecular complexity index is 8340. The maximum absolute atomic E-state index is 7.03. The van der Waals surface area contributed by atoms with Crippen LogP contribution in [0.3, 0.4) is 0 Å². The molecule has 2 aliphatic rings. The summed E-state index contributed by atoms with van der Waals surface area (Å²) in [4.78, 5) is 25.4. The lowest BCUT2D eigenvalue weighted by Crippen LogP contribution is -2.16. The average Bonchev–Trinajstić information content (AvgIpc) is 1.34. The Morgan fingerprint density at radius 1 is 0.194 bits per heavy atom. The molecular formula is C122H84N6O. The number of aromatic nitrogens is 4. The van der Waals surface area contributed by atoms with E-state index in [-0.39, 0.29) is 10.8 Å². The Morgan fingerprint density at radius 3 is 0.891 bits per heavy atom. The number of anilines is 6. The Hall–Kier alpha value is -16.5. The largest absolute Gasteiger partial charge is 0.455 e. The molecule has 20 aromatic carbocycles. The second kappa shape index (κ2) is 30.7. The highest BCUT2D eigenvalue weighted by molar-refractivity contribution is 6.25. The summed E-state index contributed by atoms with van der Waals surface area (Å²) < 4.78 is 7.03. The number of para-hydroxylation sites is 2. The van der Waals surface area contributed by atoms with Crippen molar-refractivity contribution >= 4 is 121 Å². The predicted octanol–water partition coefficient (Wildman–Crippen LogP) is 33.0. The zero-order valence-electron chi connectivity index (χ0n) is 71.7. The number of benzene rings is 20. The zero-order valence-corrected chi connectivity index (χ0v) is 71.7. The van der Waals surface area contributed by atoms with Crippen LogP contribution in [-0.2, 0) is 10.8 Å². The fourth-order valence-electron chi connectivity index (χ4n) is 20.5. The molecule has 7 nitrogen and oxygen atoms in total. The molecule has 0 saturated heterocycles. The molecule has 129 heavy (non-hydrogen) atoms. The minimum Gasteiger partial charge on any atom is -0.455 e. The highest BCUT2D eigenvalue weighted by Gasteiger charge is 2.38. The molecule has 3 heterocycles. The van der Waals surface area contributed by atoms with Gasteiger partial charge in [-0.1, -0.05) is 367 Å². The summed E-state index contributed by atoms with van der Waals surface area (Å²) >= 11 is 0. The second-order valence-electron chi connectivity index (χ2n) is 35.1. The summed E-state index contributed by atoms with van der Waals surface area (Å²) in [7, 11) is 0. The van der Waals surface area contributed by atoms with Crippen molar-refractivity contribution in [3.63, 3.8) is 0 Å². The minimum atomic E-state index is -0.125. The summed E-state index contributed by atoms with van der Waals surface area (Å²) in [5.74, 6) is 0. The van der Waals surface area contributed by atoms with Crippen molar-refractivity contribution < 1.29 is 4.42 Å². The first kappa shape index (κ1) is 76.2. The van der Waals surface area contributed by atoms with Crippen LogP contribution in [0.4, 0.5) is 34.1 Å². The molecule has 0 N–H and O–H groups in total. The van der Waals surface area contributed by atoms with Crippen LogP contribution in [0.5, 0.6) is 0 Å². The Balaban J connectivity index is 0.000000146. The standard InChI is InChI=1S/C67H45N3O.C55H39N3/c1-67(2)60-28-11-10-21-54(60)55-38-37-49(40-61(55)67)70(47-33-29-43(30-34-47)42-15-4-3-5-16-42)48-35-31-44(32-36-48)50-24-13-26-58-59-27-14-25-51(66(59)71-65(50)58)45-17-12-18-46(39-45)62-41-68-63-56-22-8-6-19-52(56)53-20-7-9-23-57(53)64(63)69-62;1-55(2)50-22-11-10-19-46(50)47-32-31-43(34-51(47)55)58(41-27-23-37(24-28-41)36-13-4-3-5-14-36)42-29-25-38(26-30-42)39-15-12-16-40(33-39)52-35-56-53-48-20-8-6-17-44(48)45-18-7-9-21-49(45)54(53)57-52/h3-41H,1-2H3;3-35H,1-2H3. The van der Waals surface area contributed by atoms with Crippen LogP contribution in [0, 0.1) is 0 Å². The highest BCUT2D eigenvalue weighted by Crippen LogP contribution is 2.54. The van der Waals surface area contributed by atoms with Crippen LogP contribution >= 0.6 is 0 Å². The first-order valence-corrected chi connectivity index (χ1v) is 44.4. The lowest BCUT2D eigenvalue weighted by molar-refractivity contribution is 0.660. The second-order valence-corrected chi connectivity index (χ2v) is 35.1. The summed E-state index contributed by atoms with van der Waals surface area (Å²) in [5, 5.41) is 11.4. The summed E-state index contributed by atoms with van der Waals surface area (Å²) in [5.41, 5.74) is 37.5. The molecule has 0 bridgehead atoms. The molecule has 25 rings (SSSR count). The minimum absolute atomic E-state index is 0.101. The van der Waals surface area contributed by atoms with Crippen molar-refractivity contribution in [1.29, 1.82) is 0 Å². The smallest absolute Gasteiger partial charge is 0.143 e. The van der Waals surface area contributed by atoms with Crippen molar-refractivity contribution in [1.82, 2.24) is 19.9 Å². The number of hydrogen-bond donors (Lipinski definition) is 0. The molecule has 0 spiro atoms. The van der Waals surface area contributed by atoms with Gasteiger partial charge in [0.2, 0.25) is 0 Å². The van der Waals surface area contributed by atoms with E-state index in [1.54, 1.807) is 0 Å². The van der Waals surface area contributed by atoms with Crippen molar-refractivity contribution in [2.45, 2.75) is 38.5 Å². The lowest BCUT2D eigenvalue weighted by atomic mass is 9.82. The molecule has 0 aliphatic heterocycles. The number of hydrogen-bond acceptors (Lipinski definition) is 7. The maximum Gasteiger partial charge on any atom is 0.143 e. The number of furan rings is 1. The highest BCUT2D eigenvalue weighted by atomic mass is 16.3. The summed E-state index contributed by atoms with van der Waals surface area (Å²) in [6.45, 7) is 9.38. The molecule has 0 atom stereocenters. The normalized spacial score (nSPS) is 12.8. The molecule has 0 saturated carbocycles. The first-order valence-electron chi connectivity index (χ1n) is 44.4. The summed E-state index contributed by atoms with van der Waals surface area (Å²) in [6, 6.07) is 153. The van der Waals surface area contributed by atoms with Crippen molar-refractivity contribution in [3.8, 4) is 100 Å². The van der Waals surface area contributed by atoms with Crippen molar-refractivity contribution in [2.75, 3.05) is 9.80 Å². The molecule has 0 unspecified atom stereocenters. The Morgan fingerprint density at radius 2 is 0.473 bits per heavy atom. The van der Waals surface area contributed by atoms with Gasteiger partial charge in [0.25, 0.3) is 0 Å². The van der Waals surface area contributed by atoms with E-state index >= 15 is 0 Å². The predicted molar refractivity (Wildman–Crippen MR) is 539 cm³/mol. The van der Waals surface area contributed by atoms with Gasteiger partial charge in [-0.3, -0.25) is 9.97 Å². The zero-order chi connectivity index (χ0) is 86.0. The van der Waals surface area contributed by atoms with E-state index in [0.29, 0.717) is 0 Å². The number of rotatable bonds is 13. The number of fused-ring (bicyclic) bond motifs is 21. The Labute approximate surface area is 748 Å². The third kappa shape index (κ3) is 12.9. The molecule has 3 aromatic heterocycles. The van der Waals surface area contributed by atoms with Crippen LogP contribution in [-0.4, -0.2) is 19.9 Å². The van der Waals surface area contributed by atoms with Crippen LogP contribution in [0.2, 0.25) is 0 Å². The average molecular weight is 1650 g/mol. The van der Waals surface area contributed by atoms with Gasteiger partial charge >= 0.3 is 0 Å². The summed E-state index contributed by atoms with van der Waals surface area (Å²) in [6.07, 6.45) is 3.83. The Kier molecular flexibility index (Phi) is 18.2. The van der Waals surface area contributed by atoms with E-state index in [1.807, 2.05) is 12.4 Å². The van der Waals surface area contributed by atoms with Crippen LogP contribution in [0.1, 0.15) is 49.9 Å². The van der Waals surface area contributed by atoms with Crippen molar-refractivity contribution in [2.24, 2.45) is 0 Å². The van der Waals surface area contributed by atoms with Gasteiger partial charge < -0.3 is 14.2 Å². The first-order chi connectivity index (χ1) is 63.5. The van der Waals surface area contributed by atoms with Gasteiger partial charge in [-0.25, -0.2) is 9.97 Å². The van der Waals surface area contributed by atoms with Gasteiger partial charge in [-0.15, -0.1) is 0 Å². The number of nitrogens with zero attached hydrogens (tertiary/aromatic N) is 6. The molecule has 2 aliphatic carbocycles. The van der Waals surface area contributed by atoms with E-state index < -0.39 is 0 Å². The van der Waals surface area contributed by atoms with Gasteiger partial charge in [0, 0.05) is 99.5 Å². The third-order valence-electron chi connectivity index (χ3n) is 27.0. The van der Waals surface area contributed by atoms with Gasteiger partial charge in [0.05, 0.1) is 45.8 Å². The fourth-order valence-corrected chi connectivity index (χ4v) is 20.5. The molecule has 7 heteroatoms. The topological polar surface area (TPSA) is 71.2 Å².